The maximum absolute atomic E-state index is 12.9. The summed E-state index contributed by atoms with van der Waals surface area (Å²) < 4.78 is 34.0. The Morgan fingerprint density at radius 3 is 1.98 bits per heavy atom. The Labute approximate surface area is 314 Å². The van der Waals surface area contributed by atoms with E-state index in [9.17, 15) is 14.4 Å². The van der Waals surface area contributed by atoms with E-state index in [0.717, 1.165) is 51.7 Å². The minimum absolute atomic E-state index is 0.0269. The molecule has 2 aliphatic rings. The molecule has 3 aromatic carbocycles. The van der Waals surface area contributed by atoms with Crippen LogP contribution in [0.15, 0.2) is 66.7 Å². The van der Waals surface area contributed by atoms with E-state index in [4.69, 9.17) is 28.4 Å². The molecule has 1 aliphatic heterocycles. The highest BCUT2D eigenvalue weighted by Crippen LogP contribution is 2.36. The van der Waals surface area contributed by atoms with Crippen molar-refractivity contribution >= 4 is 17.9 Å². The van der Waals surface area contributed by atoms with Crippen molar-refractivity contribution in [1.29, 1.82) is 0 Å². The predicted molar refractivity (Wildman–Crippen MR) is 203 cm³/mol. The molecule has 1 heterocycles. The highest BCUT2D eigenvalue weighted by molar-refractivity contribution is 5.93. The van der Waals surface area contributed by atoms with Crippen LogP contribution in [0, 0.1) is 24.7 Å². The van der Waals surface area contributed by atoms with Gasteiger partial charge in [0.1, 0.15) is 29.0 Å². The number of aryl methyl sites for hydroxylation is 1. The Kier molecular flexibility index (Phi) is 14.5. The van der Waals surface area contributed by atoms with Gasteiger partial charge in [-0.3, -0.25) is 0 Å². The summed E-state index contributed by atoms with van der Waals surface area (Å²) in [6.07, 6.45) is 9.69. The van der Waals surface area contributed by atoms with Gasteiger partial charge in [0.2, 0.25) is 0 Å². The Bertz CT molecular complexity index is 1640. The Balaban J connectivity index is 1.00. The fraction of sp³-hybridized carbons (Fsp3) is 0.523. The van der Waals surface area contributed by atoms with Gasteiger partial charge in [-0.15, -0.1) is 0 Å². The summed E-state index contributed by atoms with van der Waals surface area (Å²) >= 11 is 0. The third-order valence-corrected chi connectivity index (χ3v) is 10.2. The predicted octanol–water partition coefficient (Wildman–Crippen LogP) is 9.58. The molecule has 1 aliphatic carbocycles. The number of carbonyl (C=O) groups excluding carboxylic acids is 3. The van der Waals surface area contributed by atoms with Gasteiger partial charge in [-0.25, -0.2) is 14.4 Å². The van der Waals surface area contributed by atoms with Crippen molar-refractivity contribution in [1.82, 2.24) is 0 Å². The summed E-state index contributed by atoms with van der Waals surface area (Å²) in [6.45, 7) is 13.3. The topological polar surface area (TPSA) is 110 Å². The van der Waals surface area contributed by atoms with Crippen LogP contribution in [0.3, 0.4) is 0 Å². The highest BCUT2D eigenvalue weighted by atomic mass is 16.6. The largest absolute Gasteiger partial charge is 0.494 e. The van der Waals surface area contributed by atoms with E-state index in [1.807, 2.05) is 0 Å². The van der Waals surface area contributed by atoms with E-state index in [-0.39, 0.29) is 17.7 Å². The summed E-state index contributed by atoms with van der Waals surface area (Å²) in [4.78, 5) is 38.7. The van der Waals surface area contributed by atoms with Gasteiger partial charge in [-0.2, -0.15) is 0 Å². The first-order chi connectivity index (χ1) is 25.5. The van der Waals surface area contributed by atoms with Crippen LogP contribution < -0.4 is 14.2 Å². The van der Waals surface area contributed by atoms with Gasteiger partial charge >= 0.3 is 17.9 Å². The quantitative estimate of drug-likeness (QED) is 0.0516. The van der Waals surface area contributed by atoms with Crippen LogP contribution in [0.5, 0.6) is 17.2 Å². The third kappa shape index (κ3) is 12.4. The number of esters is 3. The van der Waals surface area contributed by atoms with Crippen LogP contribution in [-0.2, 0) is 14.2 Å². The van der Waals surface area contributed by atoms with Crippen LogP contribution in [0.1, 0.15) is 122 Å². The monoisotopic (exact) mass is 728 g/mol. The Morgan fingerprint density at radius 1 is 0.755 bits per heavy atom. The summed E-state index contributed by atoms with van der Waals surface area (Å²) in [7, 11) is 0. The van der Waals surface area contributed by atoms with E-state index >= 15 is 0 Å². The number of carbonyl (C=O) groups is 3. The number of hydrogen-bond donors (Lipinski definition) is 0. The zero-order valence-electron chi connectivity index (χ0n) is 32.0. The number of hydrogen-bond acceptors (Lipinski definition) is 9. The molecule has 4 unspecified atom stereocenters. The maximum Gasteiger partial charge on any atom is 0.343 e. The fourth-order valence-corrected chi connectivity index (χ4v) is 6.72. The molecule has 2 fully saturated rings. The molecule has 4 atom stereocenters. The molecule has 9 nitrogen and oxygen atoms in total. The normalized spacial score (nSPS) is 20.8. The van der Waals surface area contributed by atoms with E-state index < -0.39 is 11.9 Å². The molecule has 0 aromatic heterocycles. The minimum Gasteiger partial charge on any atom is -0.494 e. The van der Waals surface area contributed by atoms with Gasteiger partial charge in [0, 0.05) is 6.61 Å². The Morgan fingerprint density at radius 2 is 1.34 bits per heavy atom. The molecule has 9 heteroatoms. The average Bonchev–Trinajstić information content (AvgIpc) is 3.88. The lowest BCUT2D eigenvalue weighted by Crippen LogP contribution is -2.35. The average molecular weight is 729 g/mol. The smallest absolute Gasteiger partial charge is 0.343 e. The number of rotatable bonds is 19. The van der Waals surface area contributed by atoms with Crippen molar-refractivity contribution in [2.75, 3.05) is 26.4 Å². The third-order valence-electron chi connectivity index (χ3n) is 10.2. The van der Waals surface area contributed by atoms with E-state index in [2.05, 4.69) is 27.7 Å². The zero-order valence-corrected chi connectivity index (χ0v) is 32.0. The highest BCUT2D eigenvalue weighted by Gasteiger charge is 2.39. The number of ether oxygens (including phenoxy) is 6. The molecule has 0 bridgehead atoms. The van der Waals surface area contributed by atoms with Crippen LogP contribution >= 0.6 is 0 Å². The van der Waals surface area contributed by atoms with Crippen molar-refractivity contribution in [2.45, 2.75) is 104 Å². The minimum atomic E-state index is -0.567. The summed E-state index contributed by atoms with van der Waals surface area (Å²) in [5.74, 6) is 1.25. The first kappa shape index (κ1) is 40.0. The molecule has 286 valence electrons. The fourth-order valence-electron chi connectivity index (χ4n) is 6.72. The van der Waals surface area contributed by atoms with Crippen molar-refractivity contribution in [3.05, 3.63) is 89.0 Å². The molecule has 0 spiro atoms. The molecular formula is C44H56O9. The van der Waals surface area contributed by atoms with Crippen LogP contribution in [-0.4, -0.2) is 56.0 Å². The van der Waals surface area contributed by atoms with Gasteiger partial charge in [0.15, 0.2) is 0 Å². The van der Waals surface area contributed by atoms with E-state index in [1.54, 1.807) is 73.7 Å². The van der Waals surface area contributed by atoms with Gasteiger partial charge in [-0.1, -0.05) is 52.9 Å². The van der Waals surface area contributed by atoms with Crippen LogP contribution in [0.25, 0.3) is 0 Å². The van der Waals surface area contributed by atoms with Crippen LogP contribution in [0.4, 0.5) is 0 Å². The second-order valence-electron chi connectivity index (χ2n) is 15.3. The number of unbranched alkanes of at least 4 members (excludes halogenated alkanes) is 5. The van der Waals surface area contributed by atoms with Crippen molar-refractivity contribution in [2.24, 2.45) is 17.8 Å². The van der Waals surface area contributed by atoms with Gasteiger partial charge < -0.3 is 28.4 Å². The lowest BCUT2D eigenvalue weighted by Gasteiger charge is -2.36. The summed E-state index contributed by atoms with van der Waals surface area (Å²) in [5, 5.41) is 0. The molecule has 3 aromatic rings. The number of epoxide rings is 1. The molecule has 0 N–H and O–H groups in total. The second-order valence-corrected chi connectivity index (χ2v) is 15.3. The first-order valence-corrected chi connectivity index (χ1v) is 19.3. The lowest BCUT2D eigenvalue weighted by atomic mass is 9.75. The van der Waals surface area contributed by atoms with E-state index in [0.29, 0.717) is 70.5 Å². The first-order valence-electron chi connectivity index (χ1n) is 19.3. The molecule has 0 amide bonds. The van der Waals surface area contributed by atoms with Crippen molar-refractivity contribution in [3.63, 3.8) is 0 Å². The summed E-state index contributed by atoms with van der Waals surface area (Å²) in [6, 6.07) is 18.0. The molecule has 5 rings (SSSR count). The SMILES string of the molecule is Cc1cc(C(=O)Oc2ccc(C(=O)OC3CC(C)CCC3C(C)C)cc2)ccc1OC(=O)c1ccc(OCCCCCCCCOCC2(C)CO2)cc1. The standard InChI is InChI=1S/C44H56O9/c1-30(2)38-22-12-31(3)26-40(38)53-42(46)34-15-20-37(21-16-34)51-43(47)35-17-23-39(32(4)27-35)52-41(45)33-13-18-36(19-14-33)49-25-11-9-7-6-8-10-24-48-28-44(5)29-50-44/h13-21,23,27,30-31,38,40H,6-12,22,24-26,28-29H2,1-5H3. The Hall–Kier alpha value is -4.21. The van der Waals surface area contributed by atoms with Gasteiger partial charge in [0.05, 0.1) is 36.5 Å². The molecular weight excluding hydrogens is 672 g/mol. The zero-order chi connectivity index (χ0) is 37.8. The lowest BCUT2D eigenvalue weighted by molar-refractivity contribution is -0.0174. The maximum atomic E-state index is 12.9. The second kappa shape index (κ2) is 19.2. The van der Waals surface area contributed by atoms with Gasteiger partial charge in [0.25, 0.3) is 0 Å². The molecule has 1 saturated heterocycles. The van der Waals surface area contributed by atoms with Crippen LogP contribution in [0.2, 0.25) is 0 Å². The molecule has 0 radical (unpaired) electrons. The van der Waals surface area contributed by atoms with Crippen molar-refractivity contribution < 1.29 is 42.8 Å². The molecule has 53 heavy (non-hydrogen) atoms. The molecule has 1 saturated carbocycles. The number of benzene rings is 3. The van der Waals surface area contributed by atoms with Crippen molar-refractivity contribution in [3.8, 4) is 17.2 Å². The van der Waals surface area contributed by atoms with E-state index in [1.165, 1.54) is 19.3 Å². The summed E-state index contributed by atoms with van der Waals surface area (Å²) in [5.41, 5.74) is 1.69. The van der Waals surface area contributed by atoms with Gasteiger partial charge in [-0.05, 0) is 130 Å².